The van der Waals surface area contributed by atoms with Crippen molar-refractivity contribution in [1.29, 1.82) is 0 Å². The first-order valence-corrected chi connectivity index (χ1v) is 6.12. The van der Waals surface area contributed by atoms with E-state index in [0.29, 0.717) is 25.4 Å². The van der Waals surface area contributed by atoms with Crippen LogP contribution in [0.2, 0.25) is 0 Å². The molecule has 0 saturated heterocycles. The van der Waals surface area contributed by atoms with Gasteiger partial charge in [-0.1, -0.05) is 0 Å². The van der Waals surface area contributed by atoms with Crippen LogP contribution in [0.3, 0.4) is 0 Å². The molecule has 0 aliphatic carbocycles. The maximum absolute atomic E-state index is 11.6. The van der Waals surface area contributed by atoms with E-state index < -0.39 is 12.0 Å². The van der Waals surface area contributed by atoms with Gasteiger partial charge in [0.05, 0.1) is 12.8 Å². The molecule has 1 atom stereocenters. The first-order valence-electron chi connectivity index (χ1n) is 6.12. The van der Waals surface area contributed by atoms with Gasteiger partial charge in [0.1, 0.15) is 12.6 Å². The Kier molecular flexibility index (Phi) is 7.09. The molecule has 1 aromatic rings. The van der Waals surface area contributed by atoms with Gasteiger partial charge in [-0.3, -0.25) is 4.68 Å². The molecule has 0 aliphatic heterocycles. The predicted molar refractivity (Wildman–Crippen MR) is 68.4 cm³/mol. The van der Waals surface area contributed by atoms with E-state index in [1.165, 1.54) is 0 Å². The van der Waals surface area contributed by atoms with Crippen molar-refractivity contribution in [2.24, 2.45) is 12.8 Å². The Bertz CT molecular complexity index is 381. The summed E-state index contributed by atoms with van der Waals surface area (Å²) in [6.45, 7) is 1.79. The first kappa shape index (κ1) is 15.6. The quantitative estimate of drug-likeness (QED) is 0.503. The third-order valence-corrected chi connectivity index (χ3v) is 2.45. The molecule has 1 rings (SSSR count). The lowest BCUT2D eigenvalue weighted by Crippen LogP contribution is -2.24. The van der Waals surface area contributed by atoms with Gasteiger partial charge in [-0.15, -0.1) is 0 Å². The molecule has 7 heteroatoms. The number of aryl methyl sites for hydroxylation is 1. The summed E-state index contributed by atoms with van der Waals surface area (Å²) in [4.78, 5) is 11.6. The largest absolute Gasteiger partial charge is 0.462 e. The van der Waals surface area contributed by atoms with Gasteiger partial charge < -0.3 is 19.9 Å². The summed E-state index contributed by atoms with van der Waals surface area (Å²) in [6.07, 6.45) is 4.06. The fraction of sp³-hybridized carbons (Fsp3) is 0.667. The lowest BCUT2D eigenvalue weighted by atomic mass is 10.2. The summed E-state index contributed by atoms with van der Waals surface area (Å²) in [7, 11) is 3.40. The van der Waals surface area contributed by atoms with E-state index in [1.54, 1.807) is 31.2 Å². The van der Waals surface area contributed by atoms with Crippen LogP contribution in [0.5, 0.6) is 0 Å². The molecule has 0 spiro atoms. The average Bonchev–Trinajstić information content (AvgIpc) is 2.83. The molecule has 19 heavy (non-hydrogen) atoms. The van der Waals surface area contributed by atoms with E-state index in [-0.39, 0.29) is 6.61 Å². The minimum absolute atomic E-state index is 0.194. The van der Waals surface area contributed by atoms with Crippen LogP contribution in [0, 0.1) is 0 Å². The zero-order chi connectivity index (χ0) is 14.1. The van der Waals surface area contributed by atoms with Crippen LogP contribution in [0.15, 0.2) is 12.4 Å². The number of nitrogens with zero attached hydrogens (tertiary/aromatic N) is 2. The second-order valence-electron chi connectivity index (χ2n) is 4.05. The summed E-state index contributed by atoms with van der Waals surface area (Å²) in [5.41, 5.74) is 6.38. The van der Waals surface area contributed by atoms with Crippen LogP contribution in [0.25, 0.3) is 0 Å². The number of carbonyl (C=O) groups is 1. The number of ether oxygens (including phenoxy) is 3. The van der Waals surface area contributed by atoms with Crippen LogP contribution in [-0.2, 0) is 26.1 Å². The van der Waals surface area contributed by atoms with Gasteiger partial charge in [-0.2, -0.15) is 5.10 Å². The maximum Gasteiger partial charge on any atom is 0.327 e. The molecule has 0 aliphatic rings. The molecule has 0 radical (unpaired) electrons. The van der Waals surface area contributed by atoms with E-state index in [0.717, 1.165) is 6.42 Å². The van der Waals surface area contributed by atoms with Gasteiger partial charge in [0.15, 0.2) is 0 Å². The van der Waals surface area contributed by atoms with Gasteiger partial charge >= 0.3 is 5.97 Å². The standard InChI is InChI=1S/C12H21N3O4/c1-15-9-10(8-14-15)11(13)12(16)19-7-6-18-5-3-4-17-2/h8-9,11H,3-7,13H2,1-2H3. The van der Waals surface area contributed by atoms with E-state index in [4.69, 9.17) is 19.9 Å². The van der Waals surface area contributed by atoms with Gasteiger partial charge in [0, 0.05) is 39.1 Å². The van der Waals surface area contributed by atoms with Crippen molar-refractivity contribution in [3.8, 4) is 0 Å². The topological polar surface area (TPSA) is 88.6 Å². The molecule has 0 bridgehead atoms. The monoisotopic (exact) mass is 271 g/mol. The fourth-order valence-electron chi connectivity index (χ4n) is 1.44. The first-order chi connectivity index (χ1) is 9.15. The number of hydrogen-bond donors (Lipinski definition) is 1. The molecule has 1 heterocycles. The van der Waals surface area contributed by atoms with Crippen LogP contribution >= 0.6 is 0 Å². The summed E-state index contributed by atoms with van der Waals surface area (Å²) in [5.74, 6) is -0.478. The molecule has 0 saturated carbocycles. The molecule has 7 nitrogen and oxygen atoms in total. The molecule has 0 fully saturated rings. The van der Waals surface area contributed by atoms with Crippen molar-refractivity contribution < 1.29 is 19.0 Å². The number of nitrogens with two attached hydrogens (primary N) is 1. The minimum atomic E-state index is -0.804. The Labute approximate surface area is 112 Å². The molecular weight excluding hydrogens is 250 g/mol. The third-order valence-electron chi connectivity index (χ3n) is 2.45. The molecule has 2 N–H and O–H groups in total. The Morgan fingerprint density at radius 2 is 2.21 bits per heavy atom. The number of carbonyl (C=O) groups excluding carboxylic acids is 1. The lowest BCUT2D eigenvalue weighted by Gasteiger charge is -2.10. The fourth-order valence-corrected chi connectivity index (χ4v) is 1.44. The van der Waals surface area contributed by atoms with Crippen molar-refractivity contribution >= 4 is 5.97 Å². The van der Waals surface area contributed by atoms with Gasteiger partial charge in [0.25, 0.3) is 0 Å². The summed E-state index contributed by atoms with van der Waals surface area (Å²) < 4.78 is 16.7. The number of aromatic nitrogens is 2. The van der Waals surface area contributed by atoms with Crippen LogP contribution in [0.1, 0.15) is 18.0 Å². The number of methoxy groups -OCH3 is 1. The second-order valence-corrected chi connectivity index (χ2v) is 4.05. The minimum Gasteiger partial charge on any atom is -0.462 e. The Morgan fingerprint density at radius 3 is 2.84 bits per heavy atom. The Balaban J connectivity index is 2.14. The van der Waals surface area contributed by atoms with Crippen molar-refractivity contribution in [3.05, 3.63) is 18.0 Å². The SMILES string of the molecule is COCCCOCCOC(=O)C(N)c1cnn(C)c1. The third kappa shape index (κ3) is 5.82. The molecule has 1 aromatic heterocycles. The summed E-state index contributed by atoms with van der Waals surface area (Å²) in [5, 5.41) is 3.95. The van der Waals surface area contributed by atoms with Crippen molar-refractivity contribution in [2.45, 2.75) is 12.5 Å². The maximum atomic E-state index is 11.6. The van der Waals surface area contributed by atoms with E-state index >= 15 is 0 Å². The van der Waals surface area contributed by atoms with Crippen molar-refractivity contribution in [3.63, 3.8) is 0 Å². The molecular formula is C12H21N3O4. The van der Waals surface area contributed by atoms with Gasteiger partial charge in [0.2, 0.25) is 0 Å². The number of esters is 1. The zero-order valence-electron chi connectivity index (χ0n) is 11.4. The average molecular weight is 271 g/mol. The zero-order valence-corrected chi connectivity index (χ0v) is 11.4. The van der Waals surface area contributed by atoms with Gasteiger partial charge in [-0.05, 0) is 6.42 Å². The Morgan fingerprint density at radius 1 is 1.42 bits per heavy atom. The van der Waals surface area contributed by atoms with E-state index in [9.17, 15) is 4.79 Å². The molecule has 108 valence electrons. The highest BCUT2D eigenvalue weighted by Gasteiger charge is 2.18. The van der Waals surface area contributed by atoms with Crippen molar-refractivity contribution in [1.82, 2.24) is 9.78 Å². The van der Waals surface area contributed by atoms with E-state index in [2.05, 4.69) is 5.10 Å². The van der Waals surface area contributed by atoms with Crippen molar-refractivity contribution in [2.75, 3.05) is 33.5 Å². The highest BCUT2D eigenvalue weighted by atomic mass is 16.6. The van der Waals surface area contributed by atoms with Gasteiger partial charge in [-0.25, -0.2) is 4.79 Å². The summed E-state index contributed by atoms with van der Waals surface area (Å²) >= 11 is 0. The lowest BCUT2D eigenvalue weighted by molar-refractivity contribution is -0.147. The molecule has 0 amide bonds. The smallest absolute Gasteiger partial charge is 0.327 e. The number of hydrogen-bond acceptors (Lipinski definition) is 6. The molecule has 1 unspecified atom stereocenters. The second kappa shape index (κ2) is 8.63. The predicted octanol–water partition coefficient (Wildman–Crippen LogP) is 0.0162. The highest BCUT2D eigenvalue weighted by Crippen LogP contribution is 2.09. The normalized spacial score (nSPS) is 12.4. The highest BCUT2D eigenvalue weighted by molar-refractivity contribution is 5.77. The van der Waals surface area contributed by atoms with Crippen LogP contribution < -0.4 is 5.73 Å². The number of rotatable bonds is 9. The Hall–Kier alpha value is -1.44. The van der Waals surface area contributed by atoms with Crippen LogP contribution in [-0.4, -0.2) is 49.3 Å². The molecule has 0 aromatic carbocycles. The summed E-state index contributed by atoms with van der Waals surface area (Å²) in [6, 6.07) is -0.804. The van der Waals surface area contributed by atoms with Crippen LogP contribution in [0.4, 0.5) is 0 Å². The van der Waals surface area contributed by atoms with E-state index in [1.807, 2.05) is 0 Å².